The van der Waals surface area contributed by atoms with Crippen molar-refractivity contribution < 1.29 is 9.53 Å². The zero-order valence-corrected chi connectivity index (χ0v) is 17.0. The molecule has 0 fully saturated rings. The van der Waals surface area contributed by atoms with Gasteiger partial charge in [-0.05, 0) is 58.1 Å². The molecule has 0 aliphatic heterocycles. The summed E-state index contributed by atoms with van der Waals surface area (Å²) < 4.78 is 5.12. The van der Waals surface area contributed by atoms with Crippen molar-refractivity contribution in [2.45, 2.75) is 110 Å². The van der Waals surface area contributed by atoms with Crippen molar-refractivity contribution in [3.05, 3.63) is 12.2 Å². The van der Waals surface area contributed by atoms with Gasteiger partial charge in [0.15, 0.2) is 0 Å². The summed E-state index contributed by atoms with van der Waals surface area (Å²) >= 11 is 4.23. The monoisotopic (exact) mass is 356 g/mol. The highest BCUT2D eigenvalue weighted by molar-refractivity contribution is 7.80. The van der Waals surface area contributed by atoms with Gasteiger partial charge in [0.2, 0.25) is 0 Å². The van der Waals surface area contributed by atoms with Gasteiger partial charge in [-0.25, -0.2) is 0 Å². The molecule has 0 rings (SSSR count). The van der Waals surface area contributed by atoms with Crippen LogP contribution >= 0.6 is 12.6 Å². The maximum atomic E-state index is 11.4. The molecular formula is C21H40O2S. The lowest BCUT2D eigenvalue weighted by Gasteiger charge is -2.07. The number of hydrogen-bond donors (Lipinski definition) is 1. The first-order valence-corrected chi connectivity index (χ1v) is 10.8. The molecule has 2 nitrogen and oxygen atoms in total. The first-order valence-electron chi connectivity index (χ1n) is 10.1. The van der Waals surface area contributed by atoms with Crippen molar-refractivity contribution in [3.63, 3.8) is 0 Å². The molecule has 142 valence electrons. The molecule has 0 aliphatic carbocycles. The fourth-order valence-corrected chi connectivity index (χ4v) is 2.92. The molecule has 0 N–H and O–H groups in total. The molecule has 0 radical (unpaired) electrons. The average Bonchev–Trinajstić information content (AvgIpc) is 2.53. The topological polar surface area (TPSA) is 26.3 Å². The minimum absolute atomic E-state index is 0.0161. The smallest absolute Gasteiger partial charge is 0.306 e. The van der Waals surface area contributed by atoms with Crippen molar-refractivity contribution in [1.82, 2.24) is 0 Å². The van der Waals surface area contributed by atoms with E-state index in [2.05, 4.69) is 24.8 Å². The summed E-state index contributed by atoms with van der Waals surface area (Å²) in [5, 5.41) is 0. The Morgan fingerprint density at radius 3 is 1.75 bits per heavy atom. The van der Waals surface area contributed by atoms with Crippen LogP contribution < -0.4 is 0 Å². The van der Waals surface area contributed by atoms with Gasteiger partial charge < -0.3 is 4.74 Å². The van der Waals surface area contributed by atoms with Crippen LogP contribution in [0.1, 0.15) is 104 Å². The number of esters is 1. The van der Waals surface area contributed by atoms with Crippen molar-refractivity contribution in [2.75, 3.05) is 5.75 Å². The molecule has 0 bridgehead atoms. The number of rotatable bonds is 17. The normalized spacial score (nSPS) is 11.5. The van der Waals surface area contributed by atoms with Gasteiger partial charge in [-0.1, -0.05) is 57.1 Å². The second-order valence-corrected chi connectivity index (χ2v) is 7.40. The van der Waals surface area contributed by atoms with Crippen LogP contribution in [0.25, 0.3) is 0 Å². The molecule has 0 aromatic carbocycles. The van der Waals surface area contributed by atoms with Crippen molar-refractivity contribution in [1.29, 1.82) is 0 Å². The van der Waals surface area contributed by atoms with E-state index in [-0.39, 0.29) is 12.1 Å². The maximum absolute atomic E-state index is 11.4. The van der Waals surface area contributed by atoms with Crippen LogP contribution in [-0.4, -0.2) is 17.8 Å². The van der Waals surface area contributed by atoms with Crippen LogP contribution in [0.3, 0.4) is 0 Å². The van der Waals surface area contributed by atoms with E-state index in [9.17, 15) is 4.79 Å². The van der Waals surface area contributed by atoms with Crippen molar-refractivity contribution in [3.8, 4) is 0 Å². The molecule has 0 spiro atoms. The van der Waals surface area contributed by atoms with E-state index in [1.165, 1.54) is 70.6 Å². The largest absolute Gasteiger partial charge is 0.463 e. The minimum Gasteiger partial charge on any atom is -0.463 e. The summed E-state index contributed by atoms with van der Waals surface area (Å²) in [6.07, 6.45) is 21.7. The van der Waals surface area contributed by atoms with Crippen LogP contribution in [0.5, 0.6) is 0 Å². The van der Waals surface area contributed by atoms with Crippen molar-refractivity contribution in [2.24, 2.45) is 0 Å². The predicted molar refractivity (Wildman–Crippen MR) is 109 cm³/mol. The molecule has 0 atom stereocenters. The lowest BCUT2D eigenvalue weighted by molar-refractivity contribution is -0.147. The summed E-state index contributed by atoms with van der Waals surface area (Å²) in [7, 11) is 0. The Bertz CT molecular complexity index is 300. The molecular weight excluding hydrogens is 316 g/mol. The minimum atomic E-state index is -0.0466. The Labute approximate surface area is 156 Å². The first kappa shape index (κ1) is 23.6. The van der Waals surface area contributed by atoms with Gasteiger partial charge in [0.1, 0.15) is 0 Å². The van der Waals surface area contributed by atoms with Crippen LogP contribution in [0.4, 0.5) is 0 Å². The standard InChI is InChI=1S/C21H40O2S/c1-20(2)23-21(22)18-16-14-12-10-8-6-4-3-5-7-9-11-13-15-17-19-24/h3-4,20,24H,5-19H2,1-2H3/b4-3+. The molecule has 0 amide bonds. The second kappa shape index (κ2) is 18.9. The lowest BCUT2D eigenvalue weighted by Crippen LogP contribution is -2.10. The Balaban J connectivity index is 3.17. The Kier molecular flexibility index (Phi) is 18.5. The number of thiol groups is 1. The Morgan fingerprint density at radius 1 is 0.792 bits per heavy atom. The van der Waals surface area contributed by atoms with Crippen LogP contribution in [0.2, 0.25) is 0 Å². The van der Waals surface area contributed by atoms with E-state index in [4.69, 9.17) is 4.74 Å². The van der Waals surface area contributed by atoms with Crippen LogP contribution in [0.15, 0.2) is 12.2 Å². The van der Waals surface area contributed by atoms with Gasteiger partial charge in [0.05, 0.1) is 6.10 Å². The number of carbonyl (C=O) groups excluding carboxylic acids is 1. The highest BCUT2D eigenvalue weighted by atomic mass is 32.1. The number of carbonyl (C=O) groups is 1. The summed E-state index contributed by atoms with van der Waals surface area (Å²) in [6.45, 7) is 3.80. The van der Waals surface area contributed by atoms with Gasteiger partial charge in [-0.15, -0.1) is 0 Å². The predicted octanol–water partition coefficient (Wildman–Crippen LogP) is 6.89. The summed E-state index contributed by atoms with van der Waals surface area (Å²) in [6, 6.07) is 0. The van der Waals surface area contributed by atoms with Crippen LogP contribution in [0, 0.1) is 0 Å². The third kappa shape index (κ3) is 19.6. The molecule has 0 aromatic rings. The molecule has 0 heterocycles. The SMILES string of the molecule is CC(C)OC(=O)CCCCCCC/C=C/CCCCCCCCS. The third-order valence-corrected chi connectivity index (χ3v) is 4.38. The fraction of sp³-hybridized carbons (Fsp3) is 0.857. The maximum Gasteiger partial charge on any atom is 0.306 e. The van der Waals surface area contributed by atoms with Gasteiger partial charge in [0.25, 0.3) is 0 Å². The fourth-order valence-electron chi connectivity index (χ4n) is 2.70. The average molecular weight is 357 g/mol. The van der Waals surface area contributed by atoms with E-state index in [1.807, 2.05) is 13.8 Å². The highest BCUT2D eigenvalue weighted by Gasteiger charge is 2.04. The molecule has 3 heteroatoms. The number of ether oxygens (including phenoxy) is 1. The van der Waals surface area contributed by atoms with Gasteiger partial charge >= 0.3 is 5.97 Å². The summed E-state index contributed by atoms with van der Waals surface area (Å²) in [4.78, 5) is 11.4. The van der Waals surface area contributed by atoms with E-state index in [0.717, 1.165) is 18.6 Å². The number of hydrogen-bond acceptors (Lipinski definition) is 3. The third-order valence-electron chi connectivity index (χ3n) is 4.06. The van der Waals surface area contributed by atoms with E-state index >= 15 is 0 Å². The summed E-state index contributed by atoms with van der Waals surface area (Å²) in [5.74, 6) is 0.989. The number of unbranched alkanes of at least 4 members (excludes halogenated alkanes) is 11. The molecule has 0 aliphatic rings. The lowest BCUT2D eigenvalue weighted by atomic mass is 10.1. The summed E-state index contributed by atoms with van der Waals surface area (Å²) in [5.41, 5.74) is 0. The first-order chi connectivity index (χ1) is 11.7. The molecule has 0 saturated carbocycles. The van der Waals surface area contributed by atoms with Crippen molar-refractivity contribution >= 4 is 18.6 Å². The molecule has 24 heavy (non-hydrogen) atoms. The van der Waals surface area contributed by atoms with Crippen LogP contribution in [-0.2, 0) is 9.53 Å². The molecule has 0 aromatic heterocycles. The van der Waals surface area contributed by atoms with Gasteiger partial charge in [-0.2, -0.15) is 12.6 Å². The van der Waals surface area contributed by atoms with E-state index in [1.54, 1.807) is 0 Å². The van der Waals surface area contributed by atoms with E-state index < -0.39 is 0 Å². The zero-order chi connectivity index (χ0) is 17.9. The number of allylic oxidation sites excluding steroid dienone is 2. The Hall–Kier alpha value is -0.440. The Morgan fingerprint density at radius 2 is 1.25 bits per heavy atom. The zero-order valence-electron chi connectivity index (χ0n) is 16.1. The second-order valence-electron chi connectivity index (χ2n) is 6.95. The molecule has 0 unspecified atom stereocenters. The molecule has 0 saturated heterocycles. The quantitative estimate of drug-likeness (QED) is 0.133. The van der Waals surface area contributed by atoms with Gasteiger partial charge in [0, 0.05) is 6.42 Å². The highest BCUT2D eigenvalue weighted by Crippen LogP contribution is 2.10. The van der Waals surface area contributed by atoms with E-state index in [0.29, 0.717) is 6.42 Å². The van der Waals surface area contributed by atoms with Gasteiger partial charge in [-0.3, -0.25) is 4.79 Å².